The Morgan fingerprint density at radius 2 is 1.94 bits per heavy atom. The molecule has 0 bridgehead atoms. The van der Waals surface area contributed by atoms with E-state index in [0.29, 0.717) is 18.8 Å². The lowest BCUT2D eigenvalue weighted by Gasteiger charge is -2.22. The van der Waals surface area contributed by atoms with E-state index in [1.807, 2.05) is 0 Å². The highest BCUT2D eigenvalue weighted by molar-refractivity contribution is 7.89. The van der Waals surface area contributed by atoms with E-state index in [-0.39, 0.29) is 4.90 Å². The number of sulfonamides is 1. The lowest BCUT2D eigenvalue weighted by atomic mass is 10.2. The van der Waals surface area contributed by atoms with Crippen LogP contribution in [0.25, 0.3) is 0 Å². The first-order valence-electron chi connectivity index (χ1n) is 5.73. The van der Waals surface area contributed by atoms with Gasteiger partial charge in [-0.05, 0) is 24.6 Å². The Kier molecular flexibility index (Phi) is 3.74. The van der Waals surface area contributed by atoms with E-state index in [4.69, 9.17) is 15.6 Å². The lowest BCUT2D eigenvalue weighted by Crippen LogP contribution is -2.26. The maximum Gasteiger partial charge on any atom is 0.238 e. The predicted molar refractivity (Wildman–Crippen MR) is 69.9 cm³/mol. The molecule has 100 valence electrons. The summed E-state index contributed by atoms with van der Waals surface area (Å²) in [4.78, 5) is 2.10. The van der Waals surface area contributed by atoms with Gasteiger partial charge in [-0.15, -0.1) is 0 Å². The van der Waals surface area contributed by atoms with Gasteiger partial charge in [-0.2, -0.15) is 0 Å². The molecule has 4 N–H and O–H groups in total. The number of nitrogens with zero attached hydrogens (tertiary/aromatic N) is 1. The van der Waals surface area contributed by atoms with E-state index in [1.54, 1.807) is 12.1 Å². The molecule has 18 heavy (non-hydrogen) atoms. The van der Waals surface area contributed by atoms with Crippen LogP contribution in [-0.2, 0) is 14.8 Å². The number of nitrogens with two attached hydrogens (primary N) is 2. The zero-order valence-corrected chi connectivity index (χ0v) is 10.8. The Balaban J connectivity index is 2.35. The Bertz CT molecular complexity index is 522. The second-order valence-corrected chi connectivity index (χ2v) is 5.82. The molecule has 0 unspecified atom stereocenters. The van der Waals surface area contributed by atoms with Crippen LogP contribution in [0.2, 0.25) is 0 Å². The molecular weight excluding hydrogens is 254 g/mol. The summed E-state index contributed by atoms with van der Waals surface area (Å²) in [7, 11) is -3.73. The highest BCUT2D eigenvalue weighted by Gasteiger charge is 2.15. The van der Waals surface area contributed by atoms with Gasteiger partial charge < -0.3 is 15.4 Å². The van der Waals surface area contributed by atoms with Gasteiger partial charge in [0, 0.05) is 31.1 Å². The van der Waals surface area contributed by atoms with Gasteiger partial charge in [-0.3, -0.25) is 0 Å². The Morgan fingerprint density at radius 1 is 1.17 bits per heavy atom. The van der Waals surface area contributed by atoms with Crippen molar-refractivity contribution in [1.29, 1.82) is 0 Å². The van der Waals surface area contributed by atoms with E-state index >= 15 is 0 Å². The number of nitrogen functional groups attached to an aromatic ring is 1. The largest absolute Gasteiger partial charge is 0.399 e. The van der Waals surface area contributed by atoms with Crippen LogP contribution in [0.15, 0.2) is 23.1 Å². The zero-order chi connectivity index (χ0) is 13.2. The van der Waals surface area contributed by atoms with E-state index in [0.717, 1.165) is 25.3 Å². The summed E-state index contributed by atoms with van der Waals surface area (Å²) in [5.74, 6) is 0. The molecule has 1 heterocycles. The molecule has 0 saturated carbocycles. The SMILES string of the molecule is Nc1cc(N2CCCOCC2)cc(S(N)(=O)=O)c1. The molecule has 1 fully saturated rings. The molecule has 7 heteroatoms. The molecule has 0 atom stereocenters. The topological polar surface area (TPSA) is 98.6 Å². The van der Waals surface area contributed by atoms with Gasteiger partial charge in [0.05, 0.1) is 11.5 Å². The van der Waals surface area contributed by atoms with Gasteiger partial charge in [-0.25, -0.2) is 13.6 Å². The van der Waals surface area contributed by atoms with Crippen LogP contribution in [0, 0.1) is 0 Å². The van der Waals surface area contributed by atoms with Crippen molar-refractivity contribution in [2.24, 2.45) is 5.14 Å². The molecule has 1 aromatic carbocycles. The van der Waals surface area contributed by atoms with Gasteiger partial charge in [-0.1, -0.05) is 0 Å². The summed E-state index contributed by atoms with van der Waals surface area (Å²) >= 11 is 0. The minimum atomic E-state index is -3.73. The van der Waals surface area contributed by atoms with Crippen LogP contribution < -0.4 is 15.8 Å². The smallest absolute Gasteiger partial charge is 0.238 e. The average molecular weight is 271 g/mol. The molecule has 0 aromatic heterocycles. The minimum Gasteiger partial charge on any atom is -0.399 e. The fourth-order valence-electron chi connectivity index (χ4n) is 1.96. The van der Waals surface area contributed by atoms with Gasteiger partial charge in [0.15, 0.2) is 0 Å². The molecule has 6 nitrogen and oxygen atoms in total. The third kappa shape index (κ3) is 3.12. The molecule has 0 amide bonds. The van der Waals surface area contributed by atoms with E-state index in [1.165, 1.54) is 6.07 Å². The molecule has 1 saturated heterocycles. The molecule has 2 rings (SSSR count). The third-order valence-corrected chi connectivity index (χ3v) is 3.72. The first-order valence-corrected chi connectivity index (χ1v) is 7.27. The van der Waals surface area contributed by atoms with Crippen LogP contribution in [0.3, 0.4) is 0 Å². The van der Waals surface area contributed by atoms with Crippen molar-refractivity contribution in [2.75, 3.05) is 36.9 Å². The number of primary sulfonamides is 1. The lowest BCUT2D eigenvalue weighted by molar-refractivity contribution is 0.152. The summed E-state index contributed by atoms with van der Waals surface area (Å²) in [6.45, 7) is 2.88. The van der Waals surface area contributed by atoms with Crippen molar-refractivity contribution in [1.82, 2.24) is 0 Å². The maximum absolute atomic E-state index is 11.4. The summed E-state index contributed by atoms with van der Waals surface area (Å²) < 4.78 is 28.1. The minimum absolute atomic E-state index is 0.0441. The second kappa shape index (κ2) is 5.13. The normalized spacial score (nSPS) is 17.5. The second-order valence-electron chi connectivity index (χ2n) is 4.26. The quantitative estimate of drug-likeness (QED) is 0.746. The van der Waals surface area contributed by atoms with Crippen molar-refractivity contribution < 1.29 is 13.2 Å². The zero-order valence-electron chi connectivity index (χ0n) is 10.0. The highest BCUT2D eigenvalue weighted by Crippen LogP contribution is 2.23. The third-order valence-electron chi connectivity index (χ3n) is 2.83. The van der Waals surface area contributed by atoms with E-state index in [2.05, 4.69) is 4.90 Å². The number of rotatable bonds is 2. The van der Waals surface area contributed by atoms with E-state index in [9.17, 15) is 8.42 Å². The predicted octanol–water partition coefficient (Wildman–Crippen LogP) is 0.143. The molecule has 1 aliphatic rings. The van der Waals surface area contributed by atoms with Crippen molar-refractivity contribution in [2.45, 2.75) is 11.3 Å². The van der Waals surface area contributed by atoms with Gasteiger partial charge in [0.1, 0.15) is 0 Å². The summed E-state index contributed by atoms with van der Waals surface area (Å²) in [6.07, 6.45) is 0.902. The molecular formula is C11H17N3O3S. The summed E-state index contributed by atoms with van der Waals surface area (Å²) in [5.41, 5.74) is 6.88. The van der Waals surface area contributed by atoms with Crippen molar-refractivity contribution >= 4 is 21.4 Å². The van der Waals surface area contributed by atoms with Gasteiger partial charge in [0.2, 0.25) is 10.0 Å². The molecule has 1 aromatic rings. The summed E-state index contributed by atoms with van der Waals surface area (Å²) in [6, 6.07) is 4.67. The number of anilines is 2. The Hall–Kier alpha value is -1.31. The highest BCUT2D eigenvalue weighted by atomic mass is 32.2. The van der Waals surface area contributed by atoms with Gasteiger partial charge >= 0.3 is 0 Å². The molecule has 1 aliphatic heterocycles. The van der Waals surface area contributed by atoms with Crippen LogP contribution in [0.5, 0.6) is 0 Å². The van der Waals surface area contributed by atoms with Crippen molar-refractivity contribution in [3.63, 3.8) is 0 Å². The average Bonchev–Trinajstić information content (AvgIpc) is 2.55. The summed E-state index contributed by atoms with van der Waals surface area (Å²) in [5, 5.41) is 5.13. The molecule has 0 radical (unpaired) electrons. The fraction of sp³-hybridized carbons (Fsp3) is 0.455. The number of hydrogen-bond donors (Lipinski definition) is 2. The monoisotopic (exact) mass is 271 g/mol. The first-order chi connectivity index (χ1) is 8.47. The van der Waals surface area contributed by atoms with Crippen LogP contribution in [0.1, 0.15) is 6.42 Å². The van der Waals surface area contributed by atoms with Crippen LogP contribution in [-0.4, -0.2) is 34.7 Å². The first kappa shape index (κ1) is 13.1. The number of ether oxygens (including phenoxy) is 1. The molecule has 0 spiro atoms. The van der Waals surface area contributed by atoms with Gasteiger partial charge in [0.25, 0.3) is 0 Å². The van der Waals surface area contributed by atoms with Crippen LogP contribution in [0.4, 0.5) is 11.4 Å². The molecule has 0 aliphatic carbocycles. The Labute approximate surface area is 107 Å². The standard InChI is InChI=1S/C11H17N3O3S/c12-9-6-10(8-11(7-9)18(13,15)16)14-2-1-4-17-5-3-14/h6-8H,1-5,12H2,(H2,13,15,16). The maximum atomic E-state index is 11.4. The van der Waals surface area contributed by atoms with Crippen LogP contribution >= 0.6 is 0 Å². The number of benzene rings is 1. The number of hydrogen-bond acceptors (Lipinski definition) is 5. The van der Waals surface area contributed by atoms with E-state index < -0.39 is 10.0 Å². The van der Waals surface area contributed by atoms with Crippen molar-refractivity contribution in [3.05, 3.63) is 18.2 Å². The Morgan fingerprint density at radius 3 is 2.67 bits per heavy atom. The van der Waals surface area contributed by atoms with Crippen molar-refractivity contribution in [3.8, 4) is 0 Å². The fourth-order valence-corrected chi connectivity index (χ4v) is 2.54.